The molecule has 3 aromatic rings. The summed E-state index contributed by atoms with van der Waals surface area (Å²) in [6.45, 7) is 2.00. The largest absolute Gasteiger partial charge is 0.356 e. The van der Waals surface area contributed by atoms with Crippen LogP contribution in [0.1, 0.15) is 28.9 Å². The normalized spacial score (nSPS) is 14.2. The van der Waals surface area contributed by atoms with Gasteiger partial charge in [-0.15, -0.1) is 0 Å². The minimum absolute atomic E-state index is 0.122. The van der Waals surface area contributed by atoms with Crippen LogP contribution in [0.25, 0.3) is 5.65 Å². The molecule has 1 N–H and O–H groups in total. The third kappa shape index (κ3) is 3.05. The molecule has 1 aromatic carbocycles. The molecule has 1 aliphatic rings. The topological polar surface area (TPSA) is 62.5 Å². The SMILES string of the molecule is O=C(NCc1ccccc1F)c1cc(N2CCCC2)n2nccc2n1. The fraction of sp³-hybridized carbons (Fsp3) is 0.278. The number of hydrogen-bond donors (Lipinski definition) is 1. The van der Waals surface area contributed by atoms with Gasteiger partial charge in [0.2, 0.25) is 0 Å². The summed E-state index contributed by atoms with van der Waals surface area (Å²) >= 11 is 0. The number of anilines is 1. The lowest BCUT2D eigenvalue weighted by Gasteiger charge is -2.19. The standard InChI is InChI=1S/C18H18FN5O/c19-14-6-2-1-5-13(14)12-20-18(25)15-11-17(23-9-3-4-10-23)24-16(22-15)7-8-21-24/h1-2,5-8,11H,3-4,9-10,12H2,(H,20,25). The van der Waals surface area contributed by atoms with Gasteiger partial charge in [-0.25, -0.2) is 9.37 Å². The predicted molar refractivity (Wildman–Crippen MR) is 92.0 cm³/mol. The second-order valence-corrected chi connectivity index (χ2v) is 6.07. The molecule has 2 aromatic heterocycles. The molecule has 3 heterocycles. The van der Waals surface area contributed by atoms with Crippen molar-refractivity contribution in [2.45, 2.75) is 19.4 Å². The van der Waals surface area contributed by atoms with Gasteiger partial charge in [0.05, 0.1) is 6.20 Å². The number of benzene rings is 1. The fourth-order valence-electron chi connectivity index (χ4n) is 3.09. The molecular weight excluding hydrogens is 321 g/mol. The maximum atomic E-state index is 13.7. The molecule has 6 nitrogen and oxygen atoms in total. The highest BCUT2D eigenvalue weighted by atomic mass is 19.1. The zero-order valence-corrected chi connectivity index (χ0v) is 13.7. The number of nitrogens with one attached hydrogen (secondary N) is 1. The van der Waals surface area contributed by atoms with Crippen LogP contribution in [0.4, 0.5) is 10.2 Å². The van der Waals surface area contributed by atoms with Crippen molar-refractivity contribution in [3.8, 4) is 0 Å². The quantitative estimate of drug-likeness (QED) is 0.793. The molecule has 0 aliphatic carbocycles. The number of hydrogen-bond acceptors (Lipinski definition) is 4. The van der Waals surface area contributed by atoms with E-state index in [1.807, 2.05) is 0 Å². The van der Waals surface area contributed by atoms with Crippen LogP contribution in [0.5, 0.6) is 0 Å². The Morgan fingerprint density at radius 1 is 1.20 bits per heavy atom. The first kappa shape index (κ1) is 15.6. The van der Waals surface area contributed by atoms with Gasteiger partial charge < -0.3 is 10.2 Å². The fourth-order valence-corrected chi connectivity index (χ4v) is 3.09. The Kier molecular flexibility index (Phi) is 4.05. The smallest absolute Gasteiger partial charge is 0.270 e. The molecule has 0 spiro atoms. The van der Waals surface area contributed by atoms with Crippen molar-refractivity contribution in [2.24, 2.45) is 0 Å². The average molecular weight is 339 g/mol. The van der Waals surface area contributed by atoms with Gasteiger partial charge in [0.1, 0.15) is 17.3 Å². The minimum Gasteiger partial charge on any atom is -0.356 e. The second kappa shape index (κ2) is 6.51. The summed E-state index contributed by atoms with van der Waals surface area (Å²) in [5, 5.41) is 7.04. The Labute approximate surface area is 144 Å². The summed E-state index contributed by atoms with van der Waals surface area (Å²) in [5.74, 6) is 0.204. The number of carbonyl (C=O) groups is 1. The molecule has 0 unspecified atom stereocenters. The molecular formula is C18H18FN5O. The second-order valence-electron chi connectivity index (χ2n) is 6.07. The average Bonchev–Trinajstić information content (AvgIpc) is 3.31. The van der Waals surface area contributed by atoms with Gasteiger partial charge in [-0.1, -0.05) is 18.2 Å². The molecule has 0 saturated carbocycles. The van der Waals surface area contributed by atoms with E-state index in [1.54, 1.807) is 41.0 Å². The van der Waals surface area contributed by atoms with E-state index in [-0.39, 0.29) is 18.3 Å². The number of aromatic nitrogens is 3. The highest BCUT2D eigenvalue weighted by molar-refractivity contribution is 5.93. The van der Waals surface area contributed by atoms with E-state index in [0.717, 1.165) is 31.7 Å². The van der Waals surface area contributed by atoms with Crippen LogP contribution < -0.4 is 10.2 Å². The molecule has 1 fully saturated rings. The molecule has 1 aliphatic heterocycles. The molecule has 1 saturated heterocycles. The van der Waals surface area contributed by atoms with Crippen molar-refractivity contribution in [2.75, 3.05) is 18.0 Å². The number of halogens is 1. The summed E-state index contributed by atoms with van der Waals surface area (Å²) in [5.41, 5.74) is 1.38. The summed E-state index contributed by atoms with van der Waals surface area (Å²) in [6, 6.07) is 9.92. The molecule has 128 valence electrons. The number of fused-ring (bicyclic) bond motifs is 1. The maximum absolute atomic E-state index is 13.7. The zero-order valence-electron chi connectivity index (χ0n) is 13.7. The van der Waals surface area contributed by atoms with Crippen LogP contribution in [0.2, 0.25) is 0 Å². The van der Waals surface area contributed by atoms with E-state index in [4.69, 9.17) is 0 Å². The lowest BCUT2D eigenvalue weighted by atomic mass is 10.2. The minimum atomic E-state index is -0.334. The summed E-state index contributed by atoms with van der Waals surface area (Å²) in [4.78, 5) is 19.1. The van der Waals surface area contributed by atoms with Gasteiger partial charge in [-0.2, -0.15) is 9.61 Å². The first-order valence-electron chi connectivity index (χ1n) is 8.34. The van der Waals surface area contributed by atoms with E-state index in [9.17, 15) is 9.18 Å². The lowest BCUT2D eigenvalue weighted by molar-refractivity contribution is 0.0945. The molecule has 0 atom stereocenters. The molecule has 0 bridgehead atoms. The Morgan fingerprint density at radius 2 is 2.00 bits per heavy atom. The summed E-state index contributed by atoms with van der Waals surface area (Å²) in [7, 11) is 0. The Hall–Kier alpha value is -2.96. The number of amides is 1. The van der Waals surface area contributed by atoms with Crippen molar-refractivity contribution in [3.05, 3.63) is 59.7 Å². The van der Waals surface area contributed by atoms with E-state index in [0.29, 0.717) is 16.9 Å². The third-order valence-electron chi connectivity index (χ3n) is 4.40. The van der Waals surface area contributed by atoms with Gasteiger partial charge in [0.25, 0.3) is 5.91 Å². The van der Waals surface area contributed by atoms with Crippen LogP contribution in [-0.4, -0.2) is 33.6 Å². The van der Waals surface area contributed by atoms with Crippen molar-refractivity contribution in [1.82, 2.24) is 19.9 Å². The van der Waals surface area contributed by atoms with Gasteiger partial charge in [0, 0.05) is 37.3 Å². The Morgan fingerprint density at radius 3 is 2.80 bits per heavy atom. The van der Waals surface area contributed by atoms with Crippen molar-refractivity contribution in [3.63, 3.8) is 0 Å². The Bertz CT molecular complexity index is 917. The summed E-state index contributed by atoms with van der Waals surface area (Å²) in [6.07, 6.45) is 3.92. The van der Waals surface area contributed by atoms with Crippen LogP contribution in [0, 0.1) is 5.82 Å². The van der Waals surface area contributed by atoms with Crippen LogP contribution in [0.3, 0.4) is 0 Å². The van der Waals surface area contributed by atoms with E-state index < -0.39 is 0 Å². The predicted octanol–water partition coefficient (Wildman–Crippen LogP) is 2.40. The number of carbonyl (C=O) groups excluding carboxylic acids is 1. The molecule has 4 rings (SSSR count). The number of rotatable bonds is 4. The number of nitrogens with zero attached hydrogens (tertiary/aromatic N) is 4. The molecule has 25 heavy (non-hydrogen) atoms. The first-order valence-corrected chi connectivity index (χ1v) is 8.34. The van der Waals surface area contributed by atoms with Crippen molar-refractivity contribution < 1.29 is 9.18 Å². The zero-order chi connectivity index (χ0) is 17.2. The van der Waals surface area contributed by atoms with Crippen molar-refractivity contribution in [1.29, 1.82) is 0 Å². The van der Waals surface area contributed by atoms with Crippen LogP contribution >= 0.6 is 0 Å². The highest BCUT2D eigenvalue weighted by Gasteiger charge is 2.19. The van der Waals surface area contributed by atoms with Gasteiger partial charge in [0.15, 0.2) is 5.65 Å². The molecule has 0 radical (unpaired) electrons. The Balaban J connectivity index is 1.60. The monoisotopic (exact) mass is 339 g/mol. The van der Waals surface area contributed by atoms with Gasteiger partial charge in [-0.3, -0.25) is 4.79 Å². The van der Waals surface area contributed by atoms with Gasteiger partial charge in [-0.05, 0) is 18.9 Å². The highest BCUT2D eigenvalue weighted by Crippen LogP contribution is 2.21. The van der Waals surface area contributed by atoms with Crippen molar-refractivity contribution >= 4 is 17.4 Å². The maximum Gasteiger partial charge on any atom is 0.270 e. The molecule has 1 amide bonds. The van der Waals surface area contributed by atoms with E-state index in [2.05, 4.69) is 20.3 Å². The first-order chi connectivity index (χ1) is 12.2. The van der Waals surface area contributed by atoms with E-state index in [1.165, 1.54) is 6.07 Å². The van der Waals surface area contributed by atoms with Crippen LogP contribution in [0.15, 0.2) is 42.6 Å². The van der Waals surface area contributed by atoms with Gasteiger partial charge >= 0.3 is 0 Å². The van der Waals surface area contributed by atoms with Crippen LogP contribution in [-0.2, 0) is 6.54 Å². The third-order valence-corrected chi connectivity index (χ3v) is 4.40. The van der Waals surface area contributed by atoms with E-state index >= 15 is 0 Å². The lowest BCUT2D eigenvalue weighted by Crippen LogP contribution is -2.26. The summed E-state index contributed by atoms with van der Waals surface area (Å²) < 4.78 is 15.4. The molecule has 7 heteroatoms.